The topological polar surface area (TPSA) is 32.3 Å². The van der Waals surface area contributed by atoms with E-state index in [0.29, 0.717) is 12.0 Å². The summed E-state index contributed by atoms with van der Waals surface area (Å²) in [5.41, 5.74) is -0.639. The maximum Gasteiger partial charge on any atom is 0.0741 e. The van der Waals surface area contributed by atoms with Crippen LogP contribution in [0.4, 0.5) is 0 Å². The fourth-order valence-electron chi connectivity index (χ4n) is 1.73. The van der Waals surface area contributed by atoms with Crippen LogP contribution in [-0.2, 0) is 0 Å². The first-order chi connectivity index (χ1) is 6.32. The molecule has 0 bridgehead atoms. The van der Waals surface area contributed by atoms with Crippen LogP contribution in [0.25, 0.3) is 0 Å². The predicted molar refractivity (Wildman–Crippen MR) is 62.4 cm³/mol. The van der Waals surface area contributed by atoms with Crippen molar-refractivity contribution in [2.75, 3.05) is 0 Å². The van der Waals surface area contributed by atoms with Crippen LogP contribution in [0.3, 0.4) is 0 Å². The molecule has 0 saturated heterocycles. The van der Waals surface area contributed by atoms with Gasteiger partial charge in [-0.25, -0.2) is 0 Å². The van der Waals surface area contributed by atoms with E-state index in [2.05, 4.69) is 26.1 Å². The highest BCUT2D eigenvalue weighted by Crippen LogP contribution is 2.16. The lowest BCUT2D eigenvalue weighted by Gasteiger charge is -2.32. The van der Waals surface area contributed by atoms with Gasteiger partial charge in [-0.1, -0.05) is 26.7 Å². The first kappa shape index (κ1) is 13.9. The van der Waals surface area contributed by atoms with Gasteiger partial charge < -0.3 is 10.4 Å². The highest BCUT2D eigenvalue weighted by atomic mass is 16.3. The SMILES string of the molecule is CCC(CC)C(C)NC(C)C(C)(C)O. The Morgan fingerprint density at radius 2 is 1.57 bits per heavy atom. The molecule has 2 unspecified atom stereocenters. The van der Waals surface area contributed by atoms with Crippen LogP contribution in [-0.4, -0.2) is 22.8 Å². The van der Waals surface area contributed by atoms with Crippen LogP contribution in [0, 0.1) is 5.92 Å². The van der Waals surface area contributed by atoms with Crippen molar-refractivity contribution in [1.29, 1.82) is 0 Å². The van der Waals surface area contributed by atoms with Crippen LogP contribution in [0.1, 0.15) is 54.4 Å². The highest BCUT2D eigenvalue weighted by Gasteiger charge is 2.25. The molecule has 0 aromatic carbocycles. The lowest BCUT2D eigenvalue weighted by atomic mass is 9.92. The van der Waals surface area contributed by atoms with E-state index in [4.69, 9.17) is 0 Å². The summed E-state index contributed by atoms with van der Waals surface area (Å²) in [5, 5.41) is 13.3. The smallest absolute Gasteiger partial charge is 0.0741 e. The molecule has 0 aliphatic rings. The first-order valence-electron chi connectivity index (χ1n) is 5.81. The van der Waals surface area contributed by atoms with Crippen molar-refractivity contribution < 1.29 is 5.11 Å². The zero-order chi connectivity index (χ0) is 11.4. The number of hydrogen-bond donors (Lipinski definition) is 2. The average molecular weight is 201 g/mol. The second-order valence-electron chi connectivity index (χ2n) is 4.91. The number of hydrogen-bond acceptors (Lipinski definition) is 2. The molecular weight excluding hydrogens is 174 g/mol. The molecule has 0 spiro atoms. The predicted octanol–water partition coefficient (Wildman–Crippen LogP) is 2.56. The Hall–Kier alpha value is -0.0800. The van der Waals surface area contributed by atoms with Crippen molar-refractivity contribution in [3.8, 4) is 0 Å². The van der Waals surface area contributed by atoms with Gasteiger partial charge in [0.25, 0.3) is 0 Å². The maximum atomic E-state index is 9.80. The molecule has 0 radical (unpaired) electrons. The van der Waals surface area contributed by atoms with E-state index in [1.165, 1.54) is 12.8 Å². The maximum absolute atomic E-state index is 9.80. The van der Waals surface area contributed by atoms with Crippen molar-refractivity contribution in [2.45, 2.75) is 72.1 Å². The van der Waals surface area contributed by atoms with Crippen molar-refractivity contribution in [3.63, 3.8) is 0 Å². The van der Waals surface area contributed by atoms with Gasteiger partial charge >= 0.3 is 0 Å². The standard InChI is InChI=1S/C12H27NO/c1-7-11(8-2)9(3)13-10(4)12(5,6)14/h9-11,13-14H,7-8H2,1-6H3. The van der Waals surface area contributed by atoms with E-state index in [1.807, 2.05) is 20.8 Å². The lowest BCUT2D eigenvalue weighted by molar-refractivity contribution is 0.0372. The highest BCUT2D eigenvalue weighted by molar-refractivity contribution is 4.83. The normalized spacial score (nSPS) is 17.1. The summed E-state index contributed by atoms with van der Waals surface area (Å²) in [4.78, 5) is 0. The van der Waals surface area contributed by atoms with Crippen LogP contribution in [0.15, 0.2) is 0 Å². The molecule has 0 amide bonds. The minimum Gasteiger partial charge on any atom is -0.389 e. The Kier molecular flexibility index (Phi) is 5.68. The van der Waals surface area contributed by atoms with Crippen LogP contribution in [0.2, 0.25) is 0 Å². The molecule has 86 valence electrons. The fourth-order valence-corrected chi connectivity index (χ4v) is 1.73. The summed E-state index contributed by atoms with van der Waals surface area (Å²) < 4.78 is 0. The quantitative estimate of drug-likeness (QED) is 0.692. The Bertz CT molecular complexity index is 147. The van der Waals surface area contributed by atoms with Gasteiger partial charge in [0, 0.05) is 12.1 Å². The Morgan fingerprint density at radius 3 is 1.86 bits per heavy atom. The second-order valence-corrected chi connectivity index (χ2v) is 4.91. The first-order valence-corrected chi connectivity index (χ1v) is 5.81. The molecule has 0 aromatic rings. The summed E-state index contributed by atoms with van der Waals surface area (Å²) in [6.45, 7) is 12.4. The van der Waals surface area contributed by atoms with E-state index < -0.39 is 5.60 Å². The van der Waals surface area contributed by atoms with Crippen molar-refractivity contribution >= 4 is 0 Å². The molecule has 2 heteroatoms. The minimum absolute atomic E-state index is 0.137. The lowest BCUT2D eigenvalue weighted by Crippen LogP contribution is -2.50. The van der Waals surface area contributed by atoms with E-state index >= 15 is 0 Å². The molecule has 0 aromatic heterocycles. The summed E-state index contributed by atoms with van der Waals surface area (Å²) in [6, 6.07) is 0.615. The molecule has 0 aliphatic heterocycles. The van der Waals surface area contributed by atoms with Gasteiger partial charge in [0.2, 0.25) is 0 Å². The summed E-state index contributed by atoms with van der Waals surface area (Å²) >= 11 is 0. The molecule has 0 fully saturated rings. The van der Waals surface area contributed by atoms with Crippen molar-refractivity contribution in [2.24, 2.45) is 5.92 Å². The molecular formula is C12H27NO. The Balaban J connectivity index is 4.10. The summed E-state index contributed by atoms with van der Waals surface area (Å²) in [5.74, 6) is 0.708. The molecule has 2 nitrogen and oxygen atoms in total. The van der Waals surface area contributed by atoms with Gasteiger partial charge in [0.05, 0.1) is 5.60 Å². The molecule has 14 heavy (non-hydrogen) atoms. The zero-order valence-electron chi connectivity index (χ0n) is 10.6. The van der Waals surface area contributed by atoms with Gasteiger partial charge in [-0.2, -0.15) is 0 Å². The Morgan fingerprint density at radius 1 is 1.14 bits per heavy atom. The second kappa shape index (κ2) is 5.72. The molecule has 0 saturated carbocycles. The molecule has 0 heterocycles. The number of rotatable bonds is 6. The van der Waals surface area contributed by atoms with Crippen LogP contribution >= 0.6 is 0 Å². The zero-order valence-corrected chi connectivity index (χ0v) is 10.6. The van der Waals surface area contributed by atoms with E-state index in [9.17, 15) is 5.11 Å². The third kappa shape index (κ3) is 4.43. The third-order valence-electron chi connectivity index (χ3n) is 3.33. The van der Waals surface area contributed by atoms with Gasteiger partial charge in [0.1, 0.15) is 0 Å². The van der Waals surface area contributed by atoms with Crippen molar-refractivity contribution in [3.05, 3.63) is 0 Å². The number of aliphatic hydroxyl groups is 1. The molecule has 0 aliphatic carbocycles. The third-order valence-corrected chi connectivity index (χ3v) is 3.33. The monoisotopic (exact) mass is 201 g/mol. The fraction of sp³-hybridized carbons (Fsp3) is 1.00. The minimum atomic E-state index is -0.639. The van der Waals surface area contributed by atoms with Gasteiger partial charge in [-0.15, -0.1) is 0 Å². The summed E-state index contributed by atoms with van der Waals surface area (Å²) in [6.07, 6.45) is 2.40. The molecule has 0 rings (SSSR count). The van der Waals surface area contributed by atoms with E-state index in [1.54, 1.807) is 0 Å². The van der Waals surface area contributed by atoms with Crippen LogP contribution < -0.4 is 5.32 Å². The molecule has 2 atom stereocenters. The van der Waals surface area contributed by atoms with E-state index in [0.717, 1.165) is 0 Å². The number of nitrogens with one attached hydrogen (secondary N) is 1. The van der Waals surface area contributed by atoms with E-state index in [-0.39, 0.29) is 6.04 Å². The van der Waals surface area contributed by atoms with Gasteiger partial charge in [-0.05, 0) is 33.6 Å². The summed E-state index contributed by atoms with van der Waals surface area (Å²) in [7, 11) is 0. The van der Waals surface area contributed by atoms with Gasteiger partial charge in [0.15, 0.2) is 0 Å². The van der Waals surface area contributed by atoms with Crippen molar-refractivity contribution in [1.82, 2.24) is 5.32 Å². The Labute approximate surface area is 89.1 Å². The van der Waals surface area contributed by atoms with Gasteiger partial charge in [-0.3, -0.25) is 0 Å². The van der Waals surface area contributed by atoms with Crippen LogP contribution in [0.5, 0.6) is 0 Å². The average Bonchev–Trinajstić information content (AvgIpc) is 2.04. The molecule has 2 N–H and O–H groups in total. The largest absolute Gasteiger partial charge is 0.389 e.